The van der Waals surface area contributed by atoms with Crippen LogP contribution in [0.1, 0.15) is 32.6 Å². The summed E-state index contributed by atoms with van der Waals surface area (Å²) in [4.78, 5) is 21.0. The van der Waals surface area contributed by atoms with Crippen molar-refractivity contribution < 1.29 is 19.4 Å². The van der Waals surface area contributed by atoms with Gasteiger partial charge < -0.3 is 9.84 Å². The number of hydrogen-bond acceptors (Lipinski definition) is 3. The number of carboxylic acids is 1. The molecular weight excluding hydrogens is 184 g/mol. The summed E-state index contributed by atoms with van der Waals surface area (Å²) in [6.45, 7) is 2.49. The monoisotopic (exact) mass is 200 g/mol. The number of unbranched alkanes of at least 4 members (excludes halogenated alkanes) is 2. The van der Waals surface area contributed by atoms with Gasteiger partial charge in [-0.05, 0) is 6.42 Å². The zero-order chi connectivity index (χ0) is 10.8. The van der Waals surface area contributed by atoms with Crippen LogP contribution in [0, 0.1) is 0 Å². The quantitative estimate of drug-likeness (QED) is 0.386. The molecule has 0 atom stereocenters. The number of carbonyl (C=O) groups is 2. The molecule has 0 spiro atoms. The van der Waals surface area contributed by atoms with Crippen LogP contribution in [-0.2, 0) is 14.3 Å². The highest BCUT2D eigenvalue weighted by atomic mass is 16.5. The summed E-state index contributed by atoms with van der Waals surface area (Å²) >= 11 is 0. The van der Waals surface area contributed by atoms with E-state index in [2.05, 4.69) is 6.92 Å². The fourth-order valence-electron chi connectivity index (χ4n) is 0.853. The second-order valence-corrected chi connectivity index (χ2v) is 2.87. The number of ether oxygens (including phenoxy) is 1. The van der Waals surface area contributed by atoms with E-state index in [-0.39, 0.29) is 12.4 Å². The minimum Gasteiger partial charge on any atom is -0.478 e. The summed E-state index contributed by atoms with van der Waals surface area (Å²) in [6.07, 6.45) is 5.23. The van der Waals surface area contributed by atoms with Gasteiger partial charge in [0.25, 0.3) is 0 Å². The molecule has 4 heteroatoms. The van der Waals surface area contributed by atoms with E-state index in [0.717, 1.165) is 25.3 Å². The summed E-state index contributed by atoms with van der Waals surface area (Å²) in [5, 5.41) is 8.23. The third kappa shape index (κ3) is 8.77. The largest absolute Gasteiger partial charge is 0.478 e. The first-order valence-corrected chi connectivity index (χ1v) is 4.72. The highest BCUT2D eigenvalue weighted by molar-refractivity contribution is 5.81. The van der Waals surface area contributed by atoms with Gasteiger partial charge in [0.15, 0.2) is 0 Å². The number of rotatable bonds is 7. The molecule has 1 N–H and O–H groups in total. The molecule has 0 bridgehead atoms. The van der Waals surface area contributed by atoms with Gasteiger partial charge in [-0.3, -0.25) is 4.79 Å². The van der Waals surface area contributed by atoms with Crippen molar-refractivity contribution >= 4 is 11.9 Å². The highest BCUT2D eigenvalue weighted by Crippen LogP contribution is 1.96. The molecule has 0 amide bonds. The van der Waals surface area contributed by atoms with Crippen LogP contribution in [0.15, 0.2) is 12.2 Å². The van der Waals surface area contributed by atoms with Crippen molar-refractivity contribution in [3.63, 3.8) is 0 Å². The van der Waals surface area contributed by atoms with Gasteiger partial charge in [-0.15, -0.1) is 0 Å². The summed E-state index contributed by atoms with van der Waals surface area (Å²) in [5.41, 5.74) is 0. The standard InChI is InChI=1S/C10H16O4/c1-2-3-4-8-14-10(13)7-5-6-9(11)12/h5-6H,2-4,7-8H2,1H3,(H,11,12)/b6-5+. The SMILES string of the molecule is CCCCCOC(=O)C/C=C/C(=O)O. The molecule has 0 aliphatic carbocycles. The lowest BCUT2D eigenvalue weighted by atomic mass is 10.3. The maximum atomic E-state index is 10.9. The predicted molar refractivity (Wildman–Crippen MR) is 51.9 cm³/mol. The number of carboxylic acid groups (broad SMARTS) is 1. The summed E-state index contributed by atoms with van der Waals surface area (Å²) in [5.74, 6) is -1.43. The van der Waals surface area contributed by atoms with Crippen molar-refractivity contribution in [3.05, 3.63) is 12.2 Å². The molecule has 80 valence electrons. The number of esters is 1. The molecule has 4 nitrogen and oxygen atoms in total. The smallest absolute Gasteiger partial charge is 0.327 e. The zero-order valence-corrected chi connectivity index (χ0v) is 8.36. The van der Waals surface area contributed by atoms with Crippen molar-refractivity contribution in [2.75, 3.05) is 6.61 Å². The normalized spacial score (nSPS) is 10.4. The Bertz CT molecular complexity index is 208. The van der Waals surface area contributed by atoms with Crippen molar-refractivity contribution in [2.45, 2.75) is 32.6 Å². The van der Waals surface area contributed by atoms with E-state index >= 15 is 0 Å². The minimum atomic E-state index is -1.05. The van der Waals surface area contributed by atoms with Crippen LogP contribution in [0.5, 0.6) is 0 Å². The molecule has 0 unspecified atom stereocenters. The van der Waals surface area contributed by atoms with Crippen LogP contribution in [-0.4, -0.2) is 23.7 Å². The van der Waals surface area contributed by atoms with E-state index < -0.39 is 5.97 Å². The molecule has 0 aliphatic rings. The Morgan fingerprint density at radius 3 is 2.64 bits per heavy atom. The second kappa shape index (κ2) is 8.29. The maximum Gasteiger partial charge on any atom is 0.327 e. The lowest BCUT2D eigenvalue weighted by Crippen LogP contribution is -2.04. The first kappa shape index (κ1) is 12.7. The van der Waals surface area contributed by atoms with Crippen molar-refractivity contribution in [3.8, 4) is 0 Å². The molecule has 0 aliphatic heterocycles. The Kier molecular flexibility index (Phi) is 7.50. The van der Waals surface area contributed by atoms with Gasteiger partial charge in [-0.2, -0.15) is 0 Å². The van der Waals surface area contributed by atoms with Crippen LogP contribution >= 0.6 is 0 Å². The molecule has 0 rings (SSSR count). The molecule has 0 aromatic rings. The van der Waals surface area contributed by atoms with Crippen LogP contribution in [0.25, 0.3) is 0 Å². The lowest BCUT2D eigenvalue weighted by Gasteiger charge is -2.01. The Hall–Kier alpha value is -1.32. The van der Waals surface area contributed by atoms with E-state index in [1.807, 2.05) is 0 Å². The molecule has 0 aromatic carbocycles. The molecule has 0 heterocycles. The topological polar surface area (TPSA) is 63.6 Å². The predicted octanol–water partition coefficient (Wildman–Crippen LogP) is 1.75. The number of carbonyl (C=O) groups excluding carboxylic acids is 1. The second-order valence-electron chi connectivity index (χ2n) is 2.87. The Morgan fingerprint density at radius 2 is 2.07 bits per heavy atom. The molecule has 0 saturated carbocycles. The fourth-order valence-corrected chi connectivity index (χ4v) is 0.853. The van der Waals surface area contributed by atoms with Gasteiger partial charge in [-0.25, -0.2) is 4.79 Å². The minimum absolute atomic E-state index is 0.0262. The summed E-state index contributed by atoms with van der Waals surface area (Å²) < 4.78 is 4.84. The van der Waals surface area contributed by atoms with Gasteiger partial charge in [0.05, 0.1) is 13.0 Å². The average Bonchev–Trinajstić information content (AvgIpc) is 2.12. The Morgan fingerprint density at radius 1 is 1.36 bits per heavy atom. The van der Waals surface area contributed by atoms with Crippen molar-refractivity contribution in [1.29, 1.82) is 0 Å². The third-order valence-corrected chi connectivity index (χ3v) is 1.56. The lowest BCUT2D eigenvalue weighted by molar-refractivity contribution is -0.142. The summed E-state index contributed by atoms with van der Waals surface area (Å²) in [6, 6.07) is 0. The first-order chi connectivity index (χ1) is 6.66. The third-order valence-electron chi connectivity index (χ3n) is 1.56. The molecule has 0 saturated heterocycles. The van der Waals surface area contributed by atoms with E-state index in [9.17, 15) is 9.59 Å². The van der Waals surface area contributed by atoms with Crippen molar-refractivity contribution in [2.24, 2.45) is 0 Å². The van der Waals surface area contributed by atoms with E-state index in [1.165, 1.54) is 6.08 Å². The first-order valence-electron chi connectivity index (χ1n) is 4.72. The molecule has 0 radical (unpaired) electrons. The van der Waals surface area contributed by atoms with Gasteiger partial charge >= 0.3 is 11.9 Å². The van der Waals surface area contributed by atoms with Gasteiger partial charge in [0.2, 0.25) is 0 Å². The van der Waals surface area contributed by atoms with Crippen LogP contribution in [0.3, 0.4) is 0 Å². The molecule has 0 fully saturated rings. The van der Waals surface area contributed by atoms with Crippen LogP contribution in [0.4, 0.5) is 0 Å². The van der Waals surface area contributed by atoms with Gasteiger partial charge in [0.1, 0.15) is 0 Å². The molecule has 14 heavy (non-hydrogen) atoms. The number of hydrogen-bond donors (Lipinski definition) is 1. The number of aliphatic carboxylic acids is 1. The summed E-state index contributed by atoms with van der Waals surface area (Å²) in [7, 11) is 0. The maximum absolute atomic E-state index is 10.9. The van der Waals surface area contributed by atoms with Crippen LogP contribution in [0.2, 0.25) is 0 Å². The van der Waals surface area contributed by atoms with Crippen molar-refractivity contribution in [1.82, 2.24) is 0 Å². The average molecular weight is 200 g/mol. The fraction of sp³-hybridized carbons (Fsp3) is 0.600. The zero-order valence-electron chi connectivity index (χ0n) is 8.36. The van der Waals surface area contributed by atoms with E-state index in [0.29, 0.717) is 6.61 Å². The van der Waals surface area contributed by atoms with E-state index in [1.54, 1.807) is 0 Å². The van der Waals surface area contributed by atoms with Gasteiger partial charge in [0, 0.05) is 6.08 Å². The Balaban J connectivity index is 3.41. The molecule has 0 aromatic heterocycles. The van der Waals surface area contributed by atoms with Crippen LogP contribution < -0.4 is 0 Å². The van der Waals surface area contributed by atoms with E-state index in [4.69, 9.17) is 9.84 Å². The highest BCUT2D eigenvalue weighted by Gasteiger charge is 1.99. The van der Waals surface area contributed by atoms with Gasteiger partial charge in [-0.1, -0.05) is 25.8 Å². The Labute approximate surface area is 83.6 Å². The molecular formula is C10H16O4.